The summed E-state index contributed by atoms with van der Waals surface area (Å²) in [5.41, 5.74) is 5.10. The van der Waals surface area contributed by atoms with Crippen molar-refractivity contribution >= 4 is 28.9 Å². The van der Waals surface area contributed by atoms with Gasteiger partial charge in [-0.2, -0.15) is 0 Å². The average Bonchev–Trinajstić information content (AvgIpc) is 3.34. The minimum absolute atomic E-state index is 0.220. The standard InChI is InChI=1S/C22H21N3O3/c1-14-5-6-16(13-18(14)24-22(27)20-4-3-11-28-20)21(26)23-17-7-8-19-15(12-17)9-10-25(19)2/h3-8,11-13H,9-10H2,1-2H3,(H,23,26)(H,24,27). The lowest BCUT2D eigenvalue weighted by atomic mass is 10.1. The van der Waals surface area contributed by atoms with Crippen molar-refractivity contribution in [1.29, 1.82) is 0 Å². The molecule has 0 aliphatic carbocycles. The lowest BCUT2D eigenvalue weighted by Crippen LogP contribution is -2.15. The predicted molar refractivity (Wildman–Crippen MR) is 109 cm³/mol. The Bertz CT molecular complexity index is 1040. The number of carbonyl (C=O) groups is 2. The first-order valence-corrected chi connectivity index (χ1v) is 9.12. The highest BCUT2D eigenvalue weighted by molar-refractivity contribution is 6.07. The van der Waals surface area contributed by atoms with Crippen molar-refractivity contribution in [1.82, 2.24) is 0 Å². The van der Waals surface area contributed by atoms with Crippen molar-refractivity contribution in [2.45, 2.75) is 13.3 Å². The van der Waals surface area contributed by atoms with E-state index in [-0.39, 0.29) is 17.6 Å². The molecule has 0 fully saturated rings. The van der Waals surface area contributed by atoms with E-state index >= 15 is 0 Å². The Morgan fingerprint density at radius 3 is 2.68 bits per heavy atom. The molecule has 6 nitrogen and oxygen atoms in total. The topological polar surface area (TPSA) is 74.6 Å². The number of fused-ring (bicyclic) bond motifs is 1. The Balaban J connectivity index is 1.51. The molecular formula is C22H21N3O3. The molecule has 28 heavy (non-hydrogen) atoms. The lowest BCUT2D eigenvalue weighted by molar-refractivity contribution is 0.0993. The number of amides is 2. The third-order valence-electron chi connectivity index (χ3n) is 4.96. The van der Waals surface area contributed by atoms with E-state index < -0.39 is 0 Å². The lowest BCUT2D eigenvalue weighted by Gasteiger charge is -2.13. The summed E-state index contributed by atoms with van der Waals surface area (Å²) in [5.74, 6) is -0.356. The van der Waals surface area contributed by atoms with E-state index in [1.54, 1.807) is 24.3 Å². The van der Waals surface area contributed by atoms with Crippen molar-refractivity contribution in [3.05, 3.63) is 77.2 Å². The molecule has 0 atom stereocenters. The van der Waals surface area contributed by atoms with Gasteiger partial charge in [0.1, 0.15) is 0 Å². The molecule has 2 N–H and O–H groups in total. The molecule has 6 heteroatoms. The van der Waals surface area contributed by atoms with Crippen LogP contribution in [0.1, 0.15) is 32.0 Å². The third kappa shape index (κ3) is 3.49. The molecule has 0 unspecified atom stereocenters. The van der Waals surface area contributed by atoms with E-state index in [0.717, 1.165) is 24.2 Å². The highest BCUT2D eigenvalue weighted by Crippen LogP contribution is 2.29. The zero-order valence-corrected chi connectivity index (χ0v) is 15.8. The number of carbonyl (C=O) groups excluding carboxylic acids is 2. The van der Waals surface area contributed by atoms with E-state index in [0.29, 0.717) is 11.3 Å². The molecule has 4 rings (SSSR count). The minimum Gasteiger partial charge on any atom is -0.459 e. The summed E-state index contributed by atoms with van der Waals surface area (Å²) >= 11 is 0. The van der Waals surface area contributed by atoms with Crippen LogP contribution in [0.4, 0.5) is 17.1 Å². The maximum absolute atomic E-state index is 12.7. The van der Waals surface area contributed by atoms with Crippen LogP contribution in [0.2, 0.25) is 0 Å². The van der Waals surface area contributed by atoms with Crippen LogP contribution in [-0.4, -0.2) is 25.4 Å². The third-order valence-corrected chi connectivity index (χ3v) is 4.96. The van der Waals surface area contributed by atoms with Gasteiger partial charge in [0.15, 0.2) is 5.76 Å². The zero-order chi connectivity index (χ0) is 19.7. The Labute approximate surface area is 163 Å². The number of nitrogens with zero attached hydrogens (tertiary/aromatic N) is 1. The van der Waals surface area contributed by atoms with Gasteiger partial charge in [-0.1, -0.05) is 6.07 Å². The fourth-order valence-corrected chi connectivity index (χ4v) is 3.34. The molecule has 0 radical (unpaired) electrons. The van der Waals surface area contributed by atoms with Gasteiger partial charge < -0.3 is 20.0 Å². The number of anilines is 3. The molecular weight excluding hydrogens is 354 g/mol. The SMILES string of the molecule is Cc1ccc(C(=O)Nc2ccc3c(c2)CCN3C)cc1NC(=O)c1ccco1. The van der Waals surface area contributed by atoms with E-state index in [4.69, 9.17) is 4.42 Å². The molecule has 2 aromatic carbocycles. The number of hydrogen-bond donors (Lipinski definition) is 2. The highest BCUT2D eigenvalue weighted by Gasteiger charge is 2.17. The van der Waals surface area contributed by atoms with Crippen LogP contribution >= 0.6 is 0 Å². The van der Waals surface area contributed by atoms with Crippen LogP contribution in [0.3, 0.4) is 0 Å². The van der Waals surface area contributed by atoms with Crippen LogP contribution in [0.15, 0.2) is 59.2 Å². The maximum Gasteiger partial charge on any atom is 0.291 e. The van der Waals surface area contributed by atoms with Gasteiger partial charge in [-0.3, -0.25) is 9.59 Å². The summed E-state index contributed by atoms with van der Waals surface area (Å²) in [6.07, 6.45) is 2.42. The predicted octanol–water partition coefficient (Wildman–Crippen LogP) is 4.08. The van der Waals surface area contributed by atoms with Gasteiger partial charge in [0, 0.05) is 36.2 Å². The summed E-state index contributed by atoms with van der Waals surface area (Å²) in [7, 11) is 2.06. The summed E-state index contributed by atoms with van der Waals surface area (Å²) in [6.45, 7) is 2.86. The summed E-state index contributed by atoms with van der Waals surface area (Å²) in [4.78, 5) is 27.1. The van der Waals surface area contributed by atoms with Gasteiger partial charge >= 0.3 is 0 Å². The molecule has 0 bridgehead atoms. The molecule has 1 aromatic heterocycles. The van der Waals surface area contributed by atoms with Crippen molar-refractivity contribution in [2.75, 3.05) is 29.1 Å². The van der Waals surface area contributed by atoms with Crippen molar-refractivity contribution in [3.8, 4) is 0 Å². The number of rotatable bonds is 4. The van der Waals surface area contributed by atoms with Gasteiger partial charge in [0.05, 0.1) is 6.26 Å². The normalized spacial score (nSPS) is 12.6. The number of hydrogen-bond acceptors (Lipinski definition) is 4. The second-order valence-electron chi connectivity index (χ2n) is 6.93. The molecule has 1 aliphatic heterocycles. The fraction of sp³-hybridized carbons (Fsp3) is 0.182. The second kappa shape index (κ2) is 7.23. The molecule has 142 valence electrons. The molecule has 1 aliphatic rings. The van der Waals surface area contributed by atoms with Gasteiger partial charge in [-0.15, -0.1) is 0 Å². The van der Waals surface area contributed by atoms with Gasteiger partial charge in [-0.25, -0.2) is 0 Å². The molecule has 2 amide bonds. The Morgan fingerprint density at radius 1 is 1.04 bits per heavy atom. The highest BCUT2D eigenvalue weighted by atomic mass is 16.3. The first-order valence-electron chi connectivity index (χ1n) is 9.12. The molecule has 3 aromatic rings. The Morgan fingerprint density at radius 2 is 1.89 bits per heavy atom. The van der Waals surface area contributed by atoms with Gasteiger partial charge in [0.25, 0.3) is 11.8 Å². The van der Waals surface area contributed by atoms with Gasteiger partial charge in [-0.05, 0) is 66.9 Å². The smallest absolute Gasteiger partial charge is 0.291 e. The summed E-state index contributed by atoms with van der Waals surface area (Å²) in [5, 5.41) is 5.73. The second-order valence-corrected chi connectivity index (χ2v) is 6.93. The molecule has 0 saturated heterocycles. The largest absolute Gasteiger partial charge is 0.459 e. The number of aryl methyl sites for hydroxylation is 1. The van der Waals surface area contributed by atoms with Crippen LogP contribution in [-0.2, 0) is 6.42 Å². The summed E-state index contributed by atoms with van der Waals surface area (Å²) < 4.78 is 5.11. The number of benzene rings is 2. The molecule has 0 saturated carbocycles. The number of furan rings is 1. The van der Waals surface area contributed by atoms with Crippen molar-refractivity contribution in [3.63, 3.8) is 0 Å². The van der Waals surface area contributed by atoms with E-state index in [2.05, 4.69) is 22.6 Å². The van der Waals surface area contributed by atoms with E-state index in [1.165, 1.54) is 17.5 Å². The van der Waals surface area contributed by atoms with Crippen molar-refractivity contribution < 1.29 is 14.0 Å². The van der Waals surface area contributed by atoms with Crippen LogP contribution in [0.5, 0.6) is 0 Å². The number of nitrogens with one attached hydrogen (secondary N) is 2. The fourth-order valence-electron chi connectivity index (χ4n) is 3.34. The van der Waals surface area contributed by atoms with Gasteiger partial charge in [0.2, 0.25) is 0 Å². The van der Waals surface area contributed by atoms with Crippen molar-refractivity contribution in [2.24, 2.45) is 0 Å². The van der Waals surface area contributed by atoms with Crippen LogP contribution < -0.4 is 15.5 Å². The molecule has 0 spiro atoms. The maximum atomic E-state index is 12.7. The first kappa shape index (κ1) is 17.9. The van der Waals surface area contributed by atoms with Crippen LogP contribution in [0.25, 0.3) is 0 Å². The molecule has 2 heterocycles. The summed E-state index contributed by atoms with van der Waals surface area (Å²) in [6, 6.07) is 14.4. The zero-order valence-electron chi connectivity index (χ0n) is 15.8. The van der Waals surface area contributed by atoms with E-state index in [9.17, 15) is 9.59 Å². The van der Waals surface area contributed by atoms with E-state index in [1.807, 2.05) is 31.2 Å². The van der Waals surface area contributed by atoms with Crippen LogP contribution in [0, 0.1) is 6.92 Å². The Kier molecular flexibility index (Phi) is 4.61. The average molecular weight is 375 g/mol. The quantitative estimate of drug-likeness (QED) is 0.720. The number of likely N-dealkylation sites (N-methyl/N-ethyl adjacent to an activating group) is 1. The minimum atomic E-state index is -0.353. The first-order chi connectivity index (χ1) is 13.5. The monoisotopic (exact) mass is 375 g/mol. The Hall–Kier alpha value is -3.54.